The van der Waals surface area contributed by atoms with E-state index < -0.39 is 10.0 Å². The van der Waals surface area contributed by atoms with Crippen molar-refractivity contribution in [1.82, 2.24) is 0 Å². The molecule has 0 fully saturated rings. The number of fused-ring (bicyclic) bond motifs is 3. The molecule has 1 aliphatic heterocycles. The van der Waals surface area contributed by atoms with Crippen LogP contribution in [0.3, 0.4) is 0 Å². The van der Waals surface area contributed by atoms with Gasteiger partial charge in [-0.15, -0.1) is 0 Å². The summed E-state index contributed by atoms with van der Waals surface area (Å²) in [6.07, 6.45) is 5.15. The van der Waals surface area contributed by atoms with Crippen LogP contribution >= 0.6 is 0 Å². The van der Waals surface area contributed by atoms with E-state index >= 15 is 0 Å². The lowest BCUT2D eigenvalue weighted by atomic mass is 9.77. The highest BCUT2D eigenvalue weighted by Crippen LogP contribution is 2.50. The van der Waals surface area contributed by atoms with Gasteiger partial charge < -0.3 is 19.9 Å². The average molecular weight is 493 g/mol. The Kier molecular flexibility index (Phi) is 6.06. The molecule has 0 spiro atoms. The number of methoxy groups -OCH3 is 1. The molecule has 3 aromatic rings. The van der Waals surface area contributed by atoms with Gasteiger partial charge in [0.2, 0.25) is 0 Å². The molecule has 1 aliphatic carbocycles. The van der Waals surface area contributed by atoms with Crippen molar-refractivity contribution in [3.8, 4) is 17.2 Å². The first-order chi connectivity index (χ1) is 16.9. The fourth-order valence-corrected chi connectivity index (χ4v) is 6.06. The summed E-state index contributed by atoms with van der Waals surface area (Å²) < 4.78 is 39.6. The predicted octanol–water partition coefficient (Wildman–Crippen LogP) is 5.43. The highest BCUT2D eigenvalue weighted by Gasteiger charge is 2.38. The second kappa shape index (κ2) is 9.19. The Hall–Kier alpha value is -3.65. The number of aromatic hydroxyl groups is 1. The number of hydrogen-bond acceptors (Lipinski definition) is 6. The van der Waals surface area contributed by atoms with Gasteiger partial charge in [0.05, 0.1) is 24.7 Å². The summed E-state index contributed by atoms with van der Waals surface area (Å²) in [5.41, 5.74) is 3.27. The van der Waals surface area contributed by atoms with E-state index in [9.17, 15) is 13.5 Å². The Morgan fingerprint density at radius 1 is 1.09 bits per heavy atom. The lowest BCUT2D eigenvalue weighted by molar-refractivity contribution is 0.340. The first-order valence-corrected chi connectivity index (χ1v) is 13.1. The van der Waals surface area contributed by atoms with Crippen molar-refractivity contribution in [1.29, 1.82) is 0 Å². The van der Waals surface area contributed by atoms with Gasteiger partial charge >= 0.3 is 0 Å². The second-order valence-corrected chi connectivity index (χ2v) is 10.4. The maximum atomic E-state index is 13.2. The number of phenolic OH excluding ortho intramolecular Hbond substituents is 1. The van der Waals surface area contributed by atoms with Crippen LogP contribution in [-0.4, -0.2) is 27.2 Å². The quantitative estimate of drug-likeness (QED) is 0.381. The van der Waals surface area contributed by atoms with Gasteiger partial charge in [-0.1, -0.05) is 18.2 Å². The molecule has 0 radical (unpaired) electrons. The molecule has 1 heterocycles. The summed E-state index contributed by atoms with van der Waals surface area (Å²) in [5.74, 6) is 1.49. The molecule has 0 saturated heterocycles. The normalized spacial score (nSPS) is 20.5. The van der Waals surface area contributed by atoms with Gasteiger partial charge in [0, 0.05) is 17.3 Å². The third kappa shape index (κ3) is 4.41. The lowest BCUT2D eigenvalue weighted by Crippen LogP contribution is -2.29. The summed E-state index contributed by atoms with van der Waals surface area (Å²) in [7, 11) is -2.24. The standard InChI is InChI=1S/C27H28N2O5S/c1-3-34-19-10-8-18(9-11-19)29-35(31,32)20-12-13-24-23(16-20)21-5-4-6-22(21)27(28-24)17-7-14-26(33-2)25(30)15-17/h4-5,7-16,21-22,27-30H,3,6H2,1-2H3. The van der Waals surface area contributed by atoms with Gasteiger partial charge in [-0.3, -0.25) is 4.72 Å². The number of benzene rings is 3. The third-order valence-electron chi connectivity index (χ3n) is 6.62. The number of hydrogen-bond donors (Lipinski definition) is 3. The number of ether oxygens (including phenoxy) is 2. The fourth-order valence-electron chi connectivity index (χ4n) is 4.97. The summed E-state index contributed by atoms with van der Waals surface area (Å²) >= 11 is 0. The van der Waals surface area contributed by atoms with E-state index in [1.165, 1.54) is 7.11 Å². The maximum Gasteiger partial charge on any atom is 0.261 e. The fraction of sp³-hybridized carbons (Fsp3) is 0.259. The highest BCUT2D eigenvalue weighted by atomic mass is 32.2. The topological polar surface area (TPSA) is 96.9 Å². The van der Waals surface area contributed by atoms with E-state index in [0.29, 0.717) is 23.8 Å². The summed E-state index contributed by atoms with van der Waals surface area (Å²) in [6, 6.07) is 17.5. The van der Waals surface area contributed by atoms with Crippen molar-refractivity contribution >= 4 is 21.4 Å². The molecule has 0 bridgehead atoms. The van der Waals surface area contributed by atoms with Gasteiger partial charge in [0.15, 0.2) is 11.5 Å². The van der Waals surface area contributed by atoms with Gasteiger partial charge in [0.1, 0.15) is 5.75 Å². The lowest BCUT2D eigenvalue weighted by Gasteiger charge is -2.37. The first kappa shape index (κ1) is 23.1. The van der Waals surface area contributed by atoms with Crippen molar-refractivity contribution in [2.24, 2.45) is 5.92 Å². The van der Waals surface area contributed by atoms with Gasteiger partial charge in [-0.2, -0.15) is 0 Å². The molecule has 3 aromatic carbocycles. The van der Waals surface area contributed by atoms with Crippen LogP contribution in [0.1, 0.15) is 36.4 Å². The number of rotatable bonds is 7. The largest absolute Gasteiger partial charge is 0.504 e. The molecule has 0 aromatic heterocycles. The van der Waals surface area contributed by atoms with Gasteiger partial charge in [-0.05, 0) is 85.0 Å². The van der Waals surface area contributed by atoms with E-state index in [2.05, 4.69) is 22.2 Å². The van der Waals surface area contributed by atoms with Crippen LogP contribution in [0.4, 0.5) is 11.4 Å². The van der Waals surface area contributed by atoms with Crippen molar-refractivity contribution in [3.63, 3.8) is 0 Å². The minimum atomic E-state index is -3.77. The van der Waals surface area contributed by atoms with Crippen LogP contribution in [0.5, 0.6) is 17.2 Å². The molecule has 5 rings (SSSR count). The molecule has 35 heavy (non-hydrogen) atoms. The summed E-state index contributed by atoms with van der Waals surface area (Å²) in [6.45, 7) is 2.44. The van der Waals surface area contributed by atoms with E-state index in [4.69, 9.17) is 9.47 Å². The van der Waals surface area contributed by atoms with Gasteiger partial charge in [-0.25, -0.2) is 8.42 Å². The zero-order valence-electron chi connectivity index (χ0n) is 19.6. The Morgan fingerprint density at radius 2 is 1.89 bits per heavy atom. The van der Waals surface area contributed by atoms with E-state index in [1.54, 1.807) is 48.5 Å². The Bertz CT molecular complexity index is 1370. The second-order valence-electron chi connectivity index (χ2n) is 8.72. The molecule has 8 heteroatoms. The maximum absolute atomic E-state index is 13.2. The minimum absolute atomic E-state index is 0.0243. The Balaban J connectivity index is 1.43. The summed E-state index contributed by atoms with van der Waals surface area (Å²) in [5, 5.41) is 13.9. The minimum Gasteiger partial charge on any atom is -0.504 e. The monoisotopic (exact) mass is 492 g/mol. The SMILES string of the molecule is CCOc1ccc(NS(=O)(=O)c2ccc3c(c2)C2C=CCC2C(c2ccc(OC)c(O)c2)N3)cc1. The number of anilines is 2. The zero-order chi connectivity index (χ0) is 24.6. The highest BCUT2D eigenvalue weighted by molar-refractivity contribution is 7.92. The Labute approximate surface area is 205 Å². The number of phenols is 1. The van der Waals surface area contributed by atoms with Crippen molar-refractivity contribution in [2.75, 3.05) is 23.8 Å². The molecule has 7 nitrogen and oxygen atoms in total. The molecule has 3 unspecified atom stereocenters. The summed E-state index contributed by atoms with van der Waals surface area (Å²) in [4.78, 5) is 0.214. The van der Waals surface area contributed by atoms with Crippen molar-refractivity contribution in [3.05, 3.63) is 83.9 Å². The Morgan fingerprint density at radius 3 is 2.60 bits per heavy atom. The van der Waals surface area contributed by atoms with Crippen molar-refractivity contribution < 1.29 is 23.0 Å². The van der Waals surface area contributed by atoms with Crippen molar-refractivity contribution in [2.45, 2.75) is 30.2 Å². The van der Waals surface area contributed by atoms with E-state index in [0.717, 1.165) is 23.2 Å². The van der Waals surface area contributed by atoms with E-state index in [-0.39, 0.29) is 28.5 Å². The molecule has 2 aliphatic rings. The van der Waals surface area contributed by atoms with Crippen LogP contribution in [0.15, 0.2) is 77.7 Å². The predicted molar refractivity (Wildman–Crippen MR) is 136 cm³/mol. The smallest absolute Gasteiger partial charge is 0.261 e. The molecular weight excluding hydrogens is 464 g/mol. The number of sulfonamides is 1. The van der Waals surface area contributed by atoms with Gasteiger partial charge in [0.25, 0.3) is 10.0 Å². The van der Waals surface area contributed by atoms with Crippen LogP contribution in [0, 0.1) is 5.92 Å². The van der Waals surface area contributed by atoms with Crippen LogP contribution in [0.2, 0.25) is 0 Å². The molecule has 3 atom stereocenters. The molecule has 0 saturated carbocycles. The number of nitrogens with one attached hydrogen (secondary N) is 2. The zero-order valence-corrected chi connectivity index (χ0v) is 20.4. The molecule has 0 amide bonds. The molecule has 182 valence electrons. The molecule has 3 N–H and O–H groups in total. The molecular formula is C27H28N2O5S. The first-order valence-electron chi connectivity index (χ1n) is 11.6. The third-order valence-corrected chi connectivity index (χ3v) is 8.00. The van der Waals surface area contributed by atoms with E-state index in [1.807, 2.05) is 19.1 Å². The van der Waals surface area contributed by atoms with Crippen LogP contribution in [-0.2, 0) is 10.0 Å². The van der Waals surface area contributed by atoms with Crippen LogP contribution in [0.25, 0.3) is 0 Å². The van der Waals surface area contributed by atoms with Crippen LogP contribution < -0.4 is 19.5 Å². The average Bonchev–Trinajstić information content (AvgIpc) is 3.35. The number of allylic oxidation sites excluding steroid dienone is 2.